The van der Waals surface area contributed by atoms with E-state index in [1.54, 1.807) is 0 Å². The Hall–Kier alpha value is -0.900. The number of ether oxygens (including phenoxy) is 1. The Morgan fingerprint density at radius 1 is 1.32 bits per heavy atom. The summed E-state index contributed by atoms with van der Waals surface area (Å²) in [5.74, 6) is 0. The van der Waals surface area contributed by atoms with Crippen molar-refractivity contribution in [3.8, 4) is 0 Å². The minimum absolute atomic E-state index is 0.135. The van der Waals surface area contributed by atoms with Crippen molar-refractivity contribution in [3.05, 3.63) is 35.9 Å². The summed E-state index contributed by atoms with van der Waals surface area (Å²) in [5.41, 5.74) is 7.45. The zero-order valence-corrected chi connectivity index (χ0v) is 11.9. The molecule has 0 bridgehead atoms. The Morgan fingerprint density at radius 2 is 2.11 bits per heavy atom. The van der Waals surface area contributed by atoms with Crippen molar-refractivity contribution >= 4 is 0 Å². The summed E-state index contributed by atoms with van der Waals surface area (Å²) in [6.07, 6.45) is 5.15. The van der Waals surface area contributed by atoms with Gasteiger partial charge in [0.25, 0.3) is 0 Å². The minimum Gasteiger partial charge on any atom is -0.377 e. The summed E-state index contributed by atoms with van der Waals surface area (Å²) < 4.78 is 5.77. The van der Waals surface area contributed by atoms with Gasteiger partial charge in [-0.2, -0.15) is 0 Å². The van der Waals surface area contributed by atoms with E-state index >= 15 is 0 Å². The minimum atomic E-state index is 0.135. The fourth-order valence-corrected chi connectivity index (χ4v) is 2.62. The van der Waals surface area contributed by atoms with Gasteiger partial charge in [0.15, 0.2) is 0 Å². The number of hydrogen-bond acceptors (Lipinski definition) is 3. The van der Waals surface area contributed by atoms with E-state index in [0.717, 1.165) is 26.1 Å². The number of nitrogens with two attached hydrogens (primary N) is 1. The van der Waals surface area contributed by atoms with E-state index in [0.29, 0.717) is 6.10 Å². The maximum atomic E-state index is 6.22. The van der Waals surface area contributed by atoms with Gasteiger partial charge in [-0.3, -0.25) is 0 Å². The molecule has 0 spiro atoms. The fourth-order valence-electron chi connectivity index (χ4n) is 2.62. The molecule has 2 rings (SSSR count). The number of hydrogen-bond donors (Lipinski definition) is 1. The second-order valence-electron chi connectivity index (χ2n) is 5.56. The number of nitrogens with zero attached hydrogens (tertiary/aromatic N) is 1. The largest absolute Gasteiger partial charge is 0.377 e. The smallest absolute Gasteiger partial charge is 0.0701 e. The van der Waals surface area contributed by atoms with Crippen LogP contribution in [0.1, 0.15) is 37.3 Å². The molecule has 3 heteroatoms. The van der Waals surface area contributed by atoms with E-state index in [-0.39, 0.29) is 6.04 Å². The second-order valence-corrected chi connectivity index (χ2v) is 5.56. The number of likely N-dealkylation sites (N-methyl/N-ethyl adjacent to an activating group) is 1. The van der Waals surface area contributed by atoms with Gasteiger partial charge in [-0.25, -0.2) is 0 Å². The van der Waals surface area contributed by atoms with Crippen molar-refractivity contribution in [2.24, 2.45) is 5.73 Å². The van der Waals surface area contributed by atoms with Crippen LogP contribution in [0.15, 0.2) is 30.3 Å². The summed E-state index contributed by atoms with van der Waals surface area (Å²) in [4.78, 5) is 2.35. The second kappa shape index (κ2) is 7.63. The van der Waals surface area contributed by atoms with Gasteiger partial charge >= 0.3 is 0 Å². The van der Waals surface area contributed by atoms with Gasteiger partial charge in [-0.1, -0.05) is 30.3 Å². The summed E-state index contributed by atoms with van der Waals surface area (Å²) in [5, 5.41) is 0. The van der Waals surface area contributed by atoms with E-state index in [2.05, 4.69) is 36.2 Å². The Balaban J connectivity index is 1.69. The van der Waals surface area contributed by atoms with Crippen molar-refractivity contribution < 1.29 is 4.74 Å². The van der Waals surface area contributed by atoms with Crippen molar-refractivity contribution in [2.75, 3.05) is 26.7 Å². The van der Waals surface area contributed by atoms with Crippen LogP contribution in [0.25, 0.3) is 0 Å². The van der Waals surface area contributed by atoms with E-state index in [1.807, 2.05) is 6.07 Å². The first-order valence-electron chi connectivity index (χ1n) is 7.36. The Labute approximate surface area is 116 Å². The SMILES string of the molecule is CN(CCC(N)c1ccccc1)CC1CCCCO1. The molecule has 0 aromatic heterocycles. The lowest BCUT2D eigenvalue weighted by atomic mass is 10.0. The van der Waals surface area contributed by atoms with Crippen molar-refractivity contribution in [3.63, 3.8) is 0 Å². The molecule has 1 heterocycles. The average Bonchev–Trinajstić information content (AvgIpc) is 2.47. The van der Waals surface area contributed by atoms with Crippen LogP contribution in [0.3, 0.4) is 0 Å². The molecule has 1 aliphatic rings. The zero-order chi connectivity index (χ0) is 13.5. The normalized spacial score (nSPS) is 21.5. The van der Waals surface area contributed by atoms with E-state index < -0.39 is 0 Å². The molecule has 2 atom stereocenters. The molecule has 106 valence electrons. The van der Waals surface area contributed by atoms with Gasteiger partial charge in [-0.15, -0.1) is 0 Å². The molecular weight excluding hydrogens is 236 g/mol. The average molecular weight is 262 g/mol. The highest BCUT2D eigenvalue weighted by molar-refractivity contribution is 5.18. The van der Waals surface area contributed by atoms with Crippen LogP contribution in [-0.4, -0.2) is 37.7 Å². The van der Waals surface area contributed by atoms with Crippen LogP contribution in [0, 0.1) is 0 Å². The van der Waals surface area contributed by atoms with E-state index in [9.17, 15) is 0 Å². The van der Waals surface area contributed by atoms with Gasteiger partial charge in [0.05, 0.1) is 6.10 Å². The highest BCUT2D eigenvalue weighted by Gasteiger charge is 2.16. The lowest BCUT2D eigenvalue weighted by Crippen LogP contribution is -2.34. The van der Waals surface area contributed by atoms with Crippen LogP contribution in [0.2, 0.25) is 0 Å². The van der Waals surface area contributed by atoms with Crippen LogP contribution in [-0.2, 0) is 4.74 Å². The van der Waals surface area contributed by atoms with Gasteiger partial charge in [0.1, 0.15) is 0 Å². The third kappa shape index (κ3) is 4.94. The summed E-state index contributed by atoms with van der Waals surface area (Å²) >= 11 is 0. The van der Waals surface area contributed by atoms with Gasteiger partial charge in [0.2, 0.25) is 0 Å². The summed E-state index contributed by atoms with van der Waals surface area (Å²) in [6.45, 7) is 2.99. The van der Waals surface area contributed by atoms with Crippen molar-refractivity contribution in [1.29, 1.82) is 0 Å². The molecule has 0 saturated carbocycles. The lowest BCUT2D eigenvalue weighted by Gasteiger charge is -2.28. The van der Waals surface area contributed by atoms with Gasteiger partial charge < -0.3 is 15.4 Å². The van der Waals surface area contributed by atoms with Gasteiger partial charge in [-0.05, 0) is 44.8 Å². The third-order valence-electron chi connectivity index (χ3n) is 3.84. The predicted molar refractivity (Wildman–Crippen MR) is 79.1 cm³/mol. The Bertz CT molecular complexity index is 349. The summed E-state index contributed by atoms with van der Waals surface area (Å²) in [7, 11) is 2.16. The number of rotatable bonds is 6. The first-order valence-corrected chi connectivity index (χ1v) is 7.36. The quantitative estimate of drug-likeness (QED) is 0.856. The fraction of sp³-hybridized carbons (Fsp3) is 0.625. The zero-order valence-electron chi connectivity index (χ0n) is 11.9. The monoisotopic (exact) mass is 262 g/mol. The first kappa shape index (κ1) is 14.5. The predicted octanol–water partition coefficient (Wildman–Crippen LogP) is 2.58. The molecule has 2 unspecified atom stereocenters. The molecule has 1 saturated heterocycles. The van der Waals surface area contributed by atoms with E-state index in [1.165, 1.54) is 24.8 Å². The van der Waals surface area contributed by atoms with Crippen molar-refractivity contribution in [2.45, 2.75) is 37.8 Å². The molecular formula is C16H26N2O. The molecule has 0 radical (unpaired) electrons. The Kier molecular flexibility index (Phi) is 5.83. The van der Waals surface area contributed by atoms with Crippen molar-refractivity contribution in [1.82, 2.24) is 4.90 Å². The highest BCUT2D eigenvalue weighted by Crippen LogP contribution is 2.16. The molecule has 1 fully saturated rings. The van der Waals surface area contributed by atoms with Crippen LogP contribution in [0.4, 0.5) is 0 Å². The van der Waals surface area contributed by atoms with Crippen LogP contribution >= 0.6 is 0 Å². The van der Waals surface area contributed by atoms with Gasteiger partial charge in [0, 0.05) is 19.2 Å². The molecule has 1 aliphatic heterocycles. The topological polar surface area (TPSA) is 38.5 Å². The first-order chi connectivity index (χ1) is 9.25. The van der Waals surface area contributed by atoms with E-state index in [4.69, 9.17) is 10.5 Å². The maximum Gasteiger partial charge on any atom is 0.0701 e. The molecule has 3 nitrogen and oxygen atoms in total. The maximum absolute atomic E-state index is 6.22. The molecule has 19 heavy (non-hydrogen) atoms. The number of benzene rings is 1. The standard InChI is InChI=1S/C16H26N2O/c1-18(13-15-9-5-6-12-19-15)11-10-16(17)14-7-3-2-4-8-14/h2-4,7-8,15-16H,5-6,9-13,17H2,1H3. The highest BCUT2D eigenvalue weighted by atomic mass is 16.5. The molecule has 2 N–H and O–H groups in total. The molecule has 1 aromatic rings. The molecule has 1 aromatic carbocycles. The molecule has 0 amide bonds. The Morgan fingerprint density at radius 3 is 2.79 bits per heavy atom. The van der Waals surface area contributed by atoms with Crippen LogP contribution < -0.4 is 5.73 Å². The van der Waals surface area contributed by atoms with Crippen LogP contribution in [0.5, 0.6) is 0 Å². The lowest BCUT2D eigenvalue weighted by molar-refractivity contribution is -0.00175. The summed E-state index contributed by atoms with van der Waals surface area (Å²) in [6, 6.07) is 10.5. The molecule has 0 aliphatic carbocycles. The third-order valence-corrected chi connectivity index (χ3v) is 3.84.